The molecule has 29 heavy (non-hydrogen) atoms. The van der Waals surface area contributed by atoms with Gasteiger partial charge in [0, 0.05) is 37.6 Å². The van der Waals surface area contributed by atoms with Crippen LogP contribution in [0.15, 0.2) is 30.5 Å². The molecule has 1 aromatic heterocycles. The number of rotatable bonds is 4. The smallest absolute Gasteiger partial charge is 0.322 e. The molecule has 8 heteroatoms. The molecule has 0 N–H and O–H groups in total. The van der Waals surface area contributed by atoms with Crippen LogP contribution in [0.3, 0.4) is 0 Å². The Morgan fingerprint density at radius 1 is 1.14 bits per heavy atom. The minimum Gasteiger partial charge on any atom is -0.322 e. The van der Waals surface area contributed by atoms with Crippen LogP contribution in [0.4, 0.5) is 4.79 Å². The summed E-state index contributed by atoms with van der Waals surface area (Å²) in [6, 6.07) is 8.23. The fourth-order valence-corrected chi connectivity index (χ4v) is 5.10. The molecule has 2 aliphatic rings. The monoisotopic (exact) mass is 434 g/mol. The molecule has 3 atom stereocenters. The zero-order valence-electron chi connectivity index (χ0n) is 16.5. The lowest BCUT2D eigenvalue weighted by atomic mass is 10.0. The van der Waals surface area contributed by atoms with E-state index in [-0.39, 0.29) is 22.5 Å². The second kappa shape index (κ2) is 8.09. The second-order valence-electron chi connectivity index (χ2n) is 8.17. The molecule has 2 aromatic rings. The van der Waals surface area contributed by atoms with Crippen molar-refractivity contribution in [3.63, 3.8) is 0 Å². The first-order chi connectivity index (χ1) is 13.8. The fourth-order valence-electron chi connectivity index (χ4n) is 4.64. The van der Waals surface area contributed by atoms with Crippen molar-refractivity contribution in [2.75, 3.05) is 20.1 Å². The minimum absolute atomic E-state index is 0.140. The molecule has 1 saturated carbocycles. The van der Waals surface area contributed by atoms with Crippen LogP contribution in [-0.4, -0.2) is 57.6 Å². The minimum atomic E-state index is -0.246. The van der Waals surface area contributed by atoms with Crippen molar-refractivity contribution in [1.82, 2.24) is 19.6 Å². The van der Waals surface area contributed by atoms with E-state index in [4.69, 9.17) is 23.2 Å². The molecular weight excluding hydrogens is 411 g/mol. The third-order valence-electron chi connectivity index (χ3n) is 6.20. The molecule has 1 unspecified atom stereocenters. The number of carbonyl (C=O) groups excluding carboxylic acids is 2. The Morgan fingerprint density at radius 3 is 2.38 bits per heavy atom. The van der Waals surface area contributed by atoms with Gasteiger partial charge in [-0.15, -0.1) is 0 Å². The van der Waals surface area contributed by atoms with Gasteiger partial charge in [0.05, 0.1) is 11.2 Å². The standard InChI is InChI=1S/C21H24Cl2N4O2/c1-13(28)20-19(23)12-27(24-20)21(29)26-10-15-7-17(8-16(15)11-26)25(2)9-14-5-3-4-6-18(14)22/h3-6,12,15-17H,7-11H2,1-2H3/t15-,16+,17?. The maximum Gasteiger partial charge on any atom is 0.344 e. The van der Waals surface area contributed by atoms with Crippen molar-refractivity contribution >= 4 is 35.0 Å². The van der Waals surface area contributed by atoms with E-state index in [0.29, 0.717) is 31.0 Å². The molecule has 1 aromatic carbocycles. The number of amides is 1. The zero-order chi connectivity index (χ0) is 20.7. The van der Waals surface area contributed by atoms with E-state index in [0.717, 1.165) is 30.0 Å². The van der Waals surface area contributed by atoms with Gasteiger partial charge in [-0.3, -0.25) is 9.69 Å². The number of Topliss-reactive ketones (excluding diaryl/α,β-unsaturated/α-hetero) is 1. The molecule has 2 fully saturated rings. The third-order valence-corrected chi connectivity index (χ3v) is 6.84. The number of hydrogen-bond donors (Lipinski definition) is 0. The lowest BCUT2D eigenvalue weighted by Crippen LogP contribution is -2.36. The Labute approximate surface area is 180 Å². The summed E-state index contributed by atoms with van der Waals surface area (Å²) < 4.78 is 1.20. The van der Waals surface area contributed by atoms with Gasteiger partial charge in [-0.1, -0.05) is 41.4 Å². The summed E-state index contributed by atoms with van der Waals surface area (Å²) in [4.78, 5) is 28.5. The van der Waals surface area contributed by atoms with Gasteiger partial charge in [0.2, 0.25) is 0 Å². The SMILES string of the molecule is CC(=O)c1nn(C(=O)N2C[C@H]3CC(N(C)Cc4ccccc4Cl)C[C@H]3C2)cc1Cl. The molecule has 4 rings (SSSR count). The first kappa shape index (κ1) is 20.4. The average Bonchev–Trinajstić information content (AvgIpc) is 3.35. The molecule has 154 valence electrons. The van der Waals surface area contributed by atoms with Gasteiger partial charge < -0.3 is 4.90 Å². The lowest BCUT2D eigenvalue weighted by molar-refractivity contribution is 0.101. The topological polar surface area (TPSA) is 58.4 Å². The van der Waals surface area contributed by atoms with Crippen LogP contribution in [0.2, 0.25) is 10.0 Å². The first-order valence-electron chi connectivity index (χ1n) is 9.82. The molecule has 0 bridgehead atoms. The summed E-state index contributed by atoms with van der Waals surface area (Å²) in [6.45, 7) is 3.65. The van der Waals surface area contributed by atoms with Gasteiger partial charge >= 0.3 is 6.03 Å². The van der Waals surface area contributed by atoms with E-state index in [1.165, 1.54) is 17.8 Å². The highest BCUT2D eigenvalue weighted by Gasteiger charge is 2.43. The summed E-state index contributed by atoms with van der Waals surface area (Å²) in [5, 5.41) is 5.09. The van der Waals surface area contributed by atoms with Crippen LogP contribution < -0.4 is 0 Å². The summed E-state index contributed by atoms with van der Waals surface area (Å²) >= 11 is 12.3. The zero-order valence-corrected chi connectivity index (χ0v) is 18.0. The number of halogens is 2. The normalized spacial score (nSPS) is 23.6. The number of ketones is 1. The van der Waals surface area contributed by atoms with E-state index < -0.39 is 0 Å². The van der Waals surface area contributed by atoms with Crippen LogP contribution in [0.5, 0.6) is 0 Å². The molecule has 0 spiro atoms. The molecular formula is C21H24Cl2N4O2. The molecule has 0 radical (unpaired) electrons. The molecule has 1 saturated heterocycles. The van der Waals surface area contributed by atoms with Crippen LogP contribution in [0.1, 0.15) is 35.8 Å². The van der Waals surface area contributed by atoms with E-state index in [9.17, 15) is 9.59 Å². The number of likely N-dealkylation sites (tertiary alicyclic amines) is 1. The Balaban J connectivity index is 1.36. The van der Waals surface area contributed by atoms with Crippen molar-refractivity contribution in [2.45, 2.75) is 32.4 Å². The largest absolute Gasteiger partial charge is 0.344 e. The van der Waals surface area contributed by atoms with Crippen molar-refractivity contribution in [2.24, 2.45) is 11.8 Å². The highest BCUT2D eigenvalue weighted by molar-refractivity contribution is 6.33. The molecule has 1 amide bonds. The number of nitrogens with zero attached hydrogens (tertiary/aromatic N) is 4. The summed E-state index contributed by atoms with van der Waals surface area (Å²) in [5.74, 6) is 0.719. The van der Waals surface area contributed by atoms with E-state index in [1.54, 1.807) is 0 Å². The predicted molar refractivity (Wildman–Crippen MR) is 113 cm³/mol. The Hall–Kier alpha value is -1.89. The van der Waals surface area contributed by atoms with Crippen molar-refractivity contribution in [3.8, 4) is 0 Å². The van der Waals surface area contributed by atoms with Crippen molar-refractivity contribution < 1.29 is 9.59 Å². The Bertz CT molecular complexity index is 931. The van der Waals surface area contributed by atoms with Crippen LogP contribution >= 0.6 is 23.2 Å². The number of fused-ring (bicyclic) bond motifs is 1. The van der Waals surface area contributed by atoms with E-state index in [2.05, 4.69) is 23.1 Å². The Kier molecular flexibility index (Phi) is 5.69. The number of benzene rings is 1. The highest BCUT2D eigenvalue weighted by atomic mass is 35.5. The molecule has 1 aliphatic heterocycles. The van der Waals surface area contributed by atoms with Crippen molar-refractivity contribution in [3.05, 3.63) is 51.8 Å². The van der Waals surface area contributed by atoms with Crippen molar-refractivity contribution in [1.29, 1.82) is 0 Å². The average molecular weight is 435 g/mol. The summed E-state index contributed by atoms with van der Waals surface area (Å²) in [5.41, 5.74) is 1.28. The molecule has 2 heterocycles. The molecule has 1 aliphatic carbocycles. The molecule has 6 nitrogen and oxygen atoms in total. The number of hydrogen-bond acceptors (Lipinski definition) is 4. The Morgan fingerprint density at radius 2 is 1.79 bits per heavy atom. The van der Waals surface area contributed by atoms with Crippen LogP contribution in [0, 0.1) is 11.8 Å². The van der Waals surface area contributed by atoms with Crippen LogP contribution in [0.25, 0.3) is 0 Å². The lowest BCUT2D eigenvalue weighted by Gasteiger charge is -2.26. The fraction of sp³-hybridized carbons (Fsp3) is 0.476. The maximum atomic E-state index is 12.8. The second-order valence-corrected chi connectivity index (χ2v) is 8.98. The van der Waals surface area contributed by atoms with E-state index in [1.807, 2.05) is 23.1 Å². The van der Waals surface area contributed by atoms with Crippen LogP contribution in [-0.2, 0) is 6.54 Å². The summed E-state index contributed by atoms with van der Waals surface area (Å²) in [7, 11) is 2.15. The first-order valence-corrected chi connectivity index (χ1v) is 10.6. The predicted octanol–water partition coefficient (Wildman–Crippen LogP) is 4.20. The van der Waals surface area contributed by atoms with Gasteiger partial charge in [-0.05, 0) is 43.4 Å². The van der Waals surface area contributed by atoms with Gasteiger partial charge in [-0.2, -0.15) is 9.78 Å². The number of carbonyl (C=O) groups is 2. The third kappa shape index (κ3) is 4.06. The van der Waals surface area contributed by atoms with Gasteiger partial charge in [0.1, 0.15) is 5.69 Å². The summed E-state index contributed by atoms with van der Waals surface area (Å²) in [6.07, 6.45) is 3.55. The van der Waals surface area contributed by atoms with Gasteiger partial charge in [0.15, 0.2) is 5.78 Å². The van der Waals surface area contributed by atoms with E-state index >= 15 is 0 Å². The van der Waals surface area contributed by atoms with Gasteiger partial charge in [0.25, 0.3) is 0 Å². The number of aromatic nitrogens is 2. The highest BCUT2D eigenvalue weighted by Crippen LogP contribution is 2.40. The quantitative estimate of drug-likeness (QED) is 0.676. The maximum absolute atomic E-state index is 12.8. The van der Waals surface area contributed by atoms with Gasteiger partial charge in [-0.25, -0.2) is 4.79 Å².